The molecule has 1 aliphatic carbocycles. The minimum atomic E-state index is -1.28. The number of hydrogen-bond donors (Lipinski definition) is 2. The number of carbonyl (C=O) groups excluding carboxylic acids is 2. The molecule has 4 nitrogen and oxygen atoms in total. The fraction of sp³-hybridized carbons (Fsp3) is 0.125. The van der Waals surface area contributed by atoms with Crippen molar-refractivity contribution in [1.29, 1.82) is 0 Å². The molecule has 3 amide bonds. The second-order valence-corrected chi connectivity index (χ2v) is 6.05. The van der Waals surface area contributed by atoms with Gasteiger partial charge in [-0.3, -0.25) is 10.1 Å². The van der Waals surface area contributed by atoms with Gasteiger partial charge in [-0.25, -0.2) is 4.79 Å². The molecule has 0 saturated carbocycles. The number of alkyl halides is 2. The van der Waals surface area contributed by atoms with E-state index in [4.69, 9.17) is 23.2 Å². The van der Waals surface area contributed by atoms with E-state index in [0.29, 0.717) is 5.69 Å². The van der Waals surface area contributed by atoms with Crippen LogP contribution in [0.5, 0.6) is 0 Å². The number of benzene rings is 2. The fourth-order valence-electron chi connectivity index (χ4n) is 2.55. The fourth-order valence-corrected chi connectivity index (χ4v) is 2.66. The zero-order valence-electron chi connectivity index (χ0n) is 11.4. The van der Waals surface area contributed by atoms with Gasteiger partial charge in [0, 0.05) is 5.69 Å². The van der Waals surface area contributed by atoms with E-state index >= 15 is 0 Å². The Kier molecular flexibility index (Phi) is 4.05. The zero-order valence-corrected chi connectivity index (χ0v) is 12.9. The largest absolute Gasteiger partial charge is 0.325 e. The van der Waals surface area contributed by atoms with E-state index in [1.807, 2.05) is 24.3 Å². The van der Waals surface area contributed by atoms with Crippen LogP contribution in [-0.2, 0) is 11.2 Å². The second-order valence-electron chi connectivity index (χ2n) is 4.95. The first-order valence-electron chi connectivity index (χ1n) is 6.66. The molecule has 1 aliphatic rings. The summed E-state index contributed by atoms with van der Waals surface area (Å²) in [6, 6.07) is 13.2. The smallest absolute Gasteiger partial charge is 0.308 e. The van der Waals surface area contributed by atoms with Crippen LogP contribution in [0.2, 0.25) is 0 Å². The SMILES string of the molecule is O=C(NC(=O)C(Cl)Cl)Nc1ccc2c(c1)Cc1ccccc1-2. The van der Waals surface area contributed by atoms with Crippen LogP contribution >= 0.6 is 23.2 Å². The molecule has 0 unspecified atom stereocenters. The predicted molar refractivity (Wildman–Crippen MR) is 87.3 cm³/mol. The van der Waals surface area contributed by atoms with Gasteiger partial charge < -0.3 is 5.32 Å². The van der Waals surface area contributed by atoms with E-state index < -0.39 is 16.8 Å². The maximum absolute atomic E-state index is 11.7. The molecule has 112 valence electrons. The lowest BCUT2D eigenvalue weighted by Crippen LogP contribution is -2.37. The van der Waals surface area contributed by atoms with Gasteiger partial charge in [0.15, 0.2) is 4.84 Å². The van der Waals surface area contributed by atoms with Crippen molar-refractivity contribution >= 4 is 40.8 Å². The zero-order chi connectivity index (χ0) is 15.7. The molecule has 0 heterocycles. The average molecular weight is 335 g/mol. The molecule has 0 atom stereocenters. The number of anilines is 1. The van der Waals surface area contributed by atoms with E-state index in [0.717, 1.165) is 12.0 Å². The molecule has 2 N–H and O–H groups in total. The van der Waals surface area contributed by atoms with Crippen LogP contribution < -0.4 is 10.6 Å². The monoisotopic (exact) mass is 334 g/mol. The Hall–Kier alpha value is -2.04. The first-order valence-corrected chi connectivity index (χ1v) is 7.53. The van der Waals surface area contributed by atoms with Crippen molar-refractivity contribution in [3.05, 3.63) is 53.6 Å². The molecular weight excluding hydrogens is 323 g/mol. The molecule has 22 heavy (non-hydrogen) atoms. The number of halogens is 2. The van der Waals surface area contributed by atoms with Crippen LogP contribution in [0.3, 0.4) is 0 Å². The second kappa shape index (κ2) is 5.99. The third-order valence-corrected chi connectivity index (χ3v) is 3.88. The molecule has 2 aromatic rings. The van der Waals surface area contributed by atoms with Gasteiger partial charge in [-0.1, -0.05) is 53.5 Å². The molecule has 2 aromatic carbocycles. The number of nitrogens with one attached hydrogen (secondary N) is 2. The van der Waals surface area contributed by atoms with Gasteiger partial charge in [0.05, 0.1) is 0 Å². The Morgan fingerprint density at radius 2 is 1.73 bits per heavy atom. The molecule has 0 aromatic heterocycles. The molecule has 0 radical (unpaired) electrons. The van der Waals surface area contributed by atoms with Crippen molar-refractivity contribution in [2.24, 2.45) is 0 Å². The van der Waals surface area contributed by atoms with Gasteiger partial charge in [0.25, 0.3) is 5.91 Å². The van der Waals surface area contributed by atoms with Crippen molar-refractivity contribution in [3.63, 3.8) is 0 Å². The van der Waals surface area contributed by atoms with Crippen LogP contribution in [0, 0.1) is 0 Å². The highest BCUT2D eigenvalue weighted by Crippen LogP contribution is 2.37. The number of urea groups is 1. The van der Waals surface area contributed by atoms with E-state index in [-0.39, 0.29) is 0 Å². The quantitative estimate of drug-likeness (QED) is 0.702. The minimum absolute atomic E-state index is 0.609. The first kappa shape index (κ1) is 14.9. The Bertz CT molecular complexity index is 760. The van der Waals surface area contributed by atoms with Gasteiger partial charge >= 0.3 is 6.03 Å². The molecule has 0 aliphatic heterocycles. The van der Waals surface area contributed by atoms with Gasteiger partial charge in [0.2, 0.25) is 0 Å². The van der Waals surface area contributed by atoms with Crippen LogP contribution in [0.15, 0.2) is 42.5 Å². The number of carbonyl (C=O) groups is 2. The Labute approximate surface area is 137 Å². The Morgan fingerprint density at radius 1 is 1.00 bits per heavy atom. The summed E-state index contributed by atoms with van der Waals surface area (Å²) in [5.74, 6) is -0.755. The third-order valence-electron chi connectivity index (χ3n) is 3.49. The molecule has 3 rings (SSSR count). The van der Waals surface area contributed by atoms with E-state index in [1.54, 1.807) is 6.07 Å². The summed E-state index contributed by atoms with van der Waals surface area (Å²) in [6.45, 7) is 0. The molecule has 0 bridgehead atoms. The number of hydrogen-bond acceptors (Lipinski definition) is 2. The summed E-state index contributed by atoms with van der Waals surface area (Å²) in [5.41, 5.74) is 5.40. The lowest BCUT2D eigenvalue weighted by Gasteiger charge is -2.08. The average Bonchev–Trinajstić information content (AvgIpc) is 2.84. The highest BCUT2D eigenvalue weighted by atomic mass is 35.5. The standard InChI is InChI=1S/C16H12Cl2N2O2/c17-14(18)15(21)20-16(22)19-11-5-6-13-10(8-11)7-9-3-1-2-4-12(9)13/h1-6,8,14H,7H2,(H2,19,20,21,22). The molecule has 0 fully saturated rings. The van der Waals surface area contributed by atoms with Crippen molar-refractivity contribution in [2.45, 2.75) is 11.3 Å². The molecular formula is C16H12Cl2N2O2. The van der Waals surface area contributed by atoms with Crippen molar-refractivity contribution in [3.8, 4) is 11.1 Å². The van der Waals surface area contributed by atoms with Crippen molar-refractivity contribution in [1.82, 2.24) is 5.32 Å². The predicted octanol–water partition coefficient (Wildman–Crippen LogP) is 3.71. The van der Waals surface area contributed by atoms with E-state index in [2.05, 4.69) is 22.8 Å². The summed E-state index contributed by atoms with van der Waals surface area (Å²) in [5, 5.41) is 4.66. The minimum Gasteiger partial charge on any atom is -0.308 e. The maximum atomic E-state index is 11.7. The summed E-state index contributed by atoms with van der Waals surface area (Å²) in [7, 11) is 0. The molecule has 0 spiro atoms. The van der Waals surface area contributed by atoms with Gasteiger partial charge in [0.1, 0.15) is 0 Å². The van der Waals surface area contributed by atoms with Gasteiger partial charge in [-0.2, -0.15) is 0 Å². The number of rotatable bonds is 2. The van der Waals surface area contributed by atoms with Crippen LogP contribution in [0.1, 0.15) is 11.1 Å². The summed E-state index contributed by atoms with van der Waals surface area (Å²) >= 11 is 10.8. The maximum Gasteiger partial charge on any atom is 0.325 e. The summed E-state index contributed by atoms with van der Waals surface area (Å²) in [4.78, 5) is 21.7. The van der Waals surface area contributed by atoms with Gasteiger partial charge in [-0.15, -0.1) is 0 Å². The first-order chi connectivity index (χ1) is 10.5. The van der Waals surface area contributed by atoms with E-state index in [1.165, 1.54) is 16.7 Å². The highest BCUT2D eigenvalue weighted by molar-refractivity contribution is 6.54. The third kappa shape index (κ3) is 2.93. The normalized spacial score (nSPS) is 11.8. The summed E-state index contributed by atoms with van der Waals surface area (Å²) < 4.78 is 0. The molecule has 6 heteroatoms. The Balaban J connectivity index is 1.75. The van der Waals surface area contributed by atoms with Crippen molar-refractivity contribution in [2.75, 3.05) is 5.32 Å². The van der Waals surface area contributed by atoms with Crippen molar-refractivity contribution < 1.29 is 9.59 Å². The van der Waals surface area contributed by atoms with Crippen LogP contribution in [-0.4, -0.2) is 16.8 Å². The molecule has 0 saturated heterocycles. The highest BCUT2D eigenvalue weighted by Gasteiger charge is 2.19. The number of amides is 3. The number of imide groups is 1. The van der Waals surface area contributed by atoms with Gasteiger partial charge in [-0.05, 0) is 40.8 Å². The van der Waals surface area contributed by atoms with Crippen LogP contribution in [0.25, 0.3) is 11.1 Å². The Morgan fingerprint density at radius 3 is 2.50 bits per heavy atom. The van der Waals surface area contributed by atoms with E-state index in [9.17, 15) is 9.59 Å². The lowest BCUT2D eigenvalue weighted by atomic mass is 10.1. The van der Waals surface area contributed by atoms with Crippen LogP contribution in [0.4, 0.5) is 10.5 Å². The topological polar surface area (TPSA) is 58.2 Å². The summed E-state index contributed by atoms with van der Waals surface area (Å²) in [6.07, 6.45) is 0.826. The number of fused-ring (bicyclic) bond motifs is 3. The lowest BCUT2D eigenvalue weighted by molar-refractivity contribution is -0.118.